The van der Waals surface area contributed by atoms with Gasteiger partial charge < -0.3 is 15.2 Å². The molecule has 0 bridgehead atoms. The van der Waals surface area contributed by atoms with Crippen molar-refractivity contribution in [1.29, 1.82) is 0 Å². The number of nitrogens with zero attached hydrogens (tertiary/aromatic N) is 3. The maximum absolute atomic E-state index is 12.5. The van der Waals surface area contributed by atoms with E-state index in [1.807, 2.05) is 13.8 Å². The first-order valence-electron chi connectivity index (χ1n) is 8.64. The van der Waals surface area contributed by atoms with Gasteiger partial charge in [0, 0.05) is 24.7 Å². The fourth-order valence-electron chi connectivity index (χ4n) is 2.39. The van der Waals surface area contributed by atoms with Crippen LogP contribution >= 0.6 is 11.3 Å². The molecular weight excluding hydrogens is 352 g/mol. The molecule has 0 spiro atoms. The summed E-state index contributed by atoms with van der Waals surface area (Å²) in [5.41, 5.74) is 0.339. The Morgan fingerprint density at radius 2 is 2.08 bits per heavy atom. The quantitative estimate of drug-likeness (QED) is 0.645. The van der Waals surface area contributed by atoms with Crippen LogP contribution in [0, 0.1) is 13.8 Å². The van der Waals surface area contributed by atoms with E-state index in [9.17, 15) is 9.59 Å². The number of amides is 3. The summed E-state index contributed by atoms with van der Waals surface area (Å²) in [6.45, 7) is 8.26. The fraction of sp³-hybridized carbons (Fsp3) is 0.529. The van der Waals surface area contributed by atoms with Gasteiger partial charge in [-0.3, -0.25) is 10.1 Å². The highest BCUT2D eigenvalue weighted by Crippen LogP contribution is 2.20. The van der Waals surface area contributed by atoms with Crippen LogP contribution in [0.3, 0.4) is 0 Å². The largest absolute Gasteiger partial charge is 0.351 e. The Morgan fingerprint density at radius 3 is 2.69 bits per heavy atom. The fourth-order valence-corrected chi connectivity index (χ4v) is 3.17. The summed E-state index contributed by atoms with van der Waals surface area (Å²) in [4.78, 5) is 34.4. The van der Waals surface area contributed by atoms with Crippen LogP contribution in [-0.2, 0) is 7.05 Å². The summed E-state index contributed by atoms with van der Waals surface area (Å²) in [6.07, 6.45) is 3.67. The molecule has 0 aliphatic rings. The van der Waals surface area contributed by atoms with Crippen molar-refractivity contribution < 1.29 is 9.59 Å². The average molecular weight is 379 g/mol. The van der Waals surface area contributed by atoms with E-state index in [1.54, 1.807) is 24.7 Å². The second kappa shape index (κ2) is 8.79. The Morgan fingerprint density at radius 1 is 1.35 bits per heavy atom. The third kappa shape index (κ3) is 4.81. The number of hydrogen-bond acceptors (Lipinski definition) is 5. The molecule has 142 valence electrons. The van der Waals surface area contributed by atoms with Crippen LogP contribution in [-0.4, -0.2) is 33.0 Å². The summed E-state index contributed by atoms with van der Waals surface area (Å²) in [5.74, 6) is 0.643. The monoisotopic (exact) mass is 378 g/mol. The van der Waals surface area contributed by atoms with Crippen molar-refractivity contribution in [3.05, 3.63) is 27.6 Å². The first-order chi connectivity index (χ1) is 12.3. The lowest BCUT2D eigenvalue weighted by Crippen LogP contribution is -2.33. The number of thiazole rings is 1. The number of urea groups is 1. The van der Waals surface area contributed by atoms with Crippen LogP contribution in [0.15, 0.2) is 6.20 Å². The van der Waals surface area contributed by atoms with Crippen molar-refractivity contribution in [2.75, 3.05) is 11.9 Å². The van der Waals surface area contributed by atoms with Gasteiger partial charge in [-0.1, -0.05) is 13.3 Å². The van der Waals surface area contributed by atoms with E-state index in [1.165, 1.54) is 11.3 Å². The minimum absolute atomic E-state index is 0.236. The van der Waals surface area contributed by atoms with Gasteiger partial charge >= 0.3 is 6.03 Å². The zero-order valence-corrected chi connectivity index (χ0v) is 16.7. The molecule has 3 N–H and O–H groups in total. The number of nitrogens with one attached hydrogen (secondary N) is 3. The molecule has 8 nitrogen and oxygen atoms in total. The number of anilines is 1. The maximum Gasteiger partial charge on any atom is 0.321 e. The molecule has 0 saturated carbocycles. The van der Waals surface area contributed by atoms with Gasteiger partial charge in [0.1, 0.15) is 10.8 Å². The lowest BCUT2D eigenvalue weighted by atomic mass is 10.3. The third-order valence-corrected chi connectivity index (χ3v) is 5.03. The molecule has 0 radical (unpaired) electrons. The molecule has 0 fully saturated rings. The standard InChI is InChI=1S/C17H26N6O2S/c1-6-7-8-18-15(24)13-14(21-12(4)23(13)5)22-17(25)20-11(3)16-19-9-10(2)26-16/h9,11H,6-8H2,1-5H3,(H,18,24)(H2,20,22,25)/t11-/m0/s1. The van der Waals surface area contributed by atoms with Gasteiger partial charge in [0.25, 0.3) is 5.91 Å². The van der Waals surface area contributed by atoms with Crippen LogP contribution in [0.5, 0.6) is 0 Å². The Balaban J connectivity index is 2.07. The molecule has 26 heavy (non-hydrogen) atoms. The van der Waals surface area contributed by atoms with Gasteiger partial charge in [0.15, 0.2) is 11.5 Å². The molecule has 0 aliphatic carbocycles. The summed E-state index contributed by atoms with van der Waals surface area (Å²) in [5, 5.41) is 9.19. The molecule has 2 aromatic rings. The average Bonchev–Trinajstić information content (AvgIpc) is 3.12. The Bertz CT molecular complexity index is 782. The second-order valence-electron chi connectivity index (χ2n) is 6.15. The van der Waals surface area contributed by atoms with E-state index in [0.717, 1.165) is 22.7 Å². The number of imidazole rings is 1. The van der Waals surface area contributed by atoms with Gasteiger partial charge in [0.2, 0.25) is 0 Å². The van der Waals surface area contributed by atoms with Gasteiger partial charge in [-0.15, -0.1) is 11.3 Å². The minimum atomic E-state index is -0.425. The highest BCUT2D eigenvalue weighted by molar-refractivity contribution is 7.11. The van der Waals surface area contributed by atoms with E-state index >= 15 is 0 Å². The van der Waals surface area contributed by atoms with E-state index in [-0.39, 0.29) is 17.8 Å². The number of carbonyl (C=O) groups excluding carboxylic acids is 2. The van der Waals surface area contributed by atoms with E-state index < -0.39 is 6.03 Å². The molecule has 1 atom stereocenters. The highest BCUT2D eigenvalue weighted by atomic mass is 32.1. The first kappa shape index (κ1) is 19.9. The van der Waals surface area contributed by atoms with Crippen molar-refractivity contribution in [2.24, 2.45) is 7.05 Å². The van der Waals surface area contributed by atoms with Crippen molar-refractivity contribution in [3.8, 4) is 0 Å². The first-order valence-corrected chi connectivity index (χ1v) is 9.46. The van der Waals surface area contributed by atoms with Crippen LogP contribution in [0.1, 0.15) is 58.9 Å². The Kier molecular flexibility index (Phi) is 6.73. The molecule has 9 heteroatoms. The summed E-state index contributed by atoms with van der Waals surface area (Å²) >= 11 is 1.53. The van der Waals surface area contributed by atoms with Crippen molar-refractivity contribution in [1.82, 2.24) is 25.2 Å². The second-order valence-corrected chi connectivity index (χ2v) is 7.42. The zero-order chi connectivity index (χ0) is 19.3. The van der Waals surface area contributed by atoms with Crippen LogP contribution in [0.2, 0.25) is 0 Å². The van der Waals surface area contributed by atoms with Crippen LogP contribution in [0.25, 0.3) is 0 Å². The third-order valence-electron chi connectivity index (χ3n) is 3.94. The van der Waals surface area contributed by atoms with Gasteiger partial charge in [0.05, 0.1) is 6.04 Å². The molecule has 0 saturated heterocycles. The van der Waals surface area contributed by atoms with Gasteiger partial charge in [-0.05, 0) is 27.2 Å². The lowest BCUT2D eigenvalue weighted by Gasteiger charge is -2.12. The topological polar surface area (TPSA) is 101 Å². The van der Waals surface area contributed by atoms with Crippen LogP contribution in [0.4, 0.5) is 10.6 Å². The molecule has 0 aliphatic heterocycles. The molecule has 0 aromatic carbocycles. The zero-order valence-electron chi connectivity index (χ0n) is 15.8. The SMILES string of the molecule is CCCCNC(=O)c1c(NC(=O)N[C@@H](C)c2ncc(C)s2)nc(C)n1C. The number of aromatic nitrogens is 3. The van der Waals surface area contributed by atoms with E-state index in [2.05, 4.69) is 32.8 Å². The summed E-state index contributed by atoms with van der Waals surface area (Å²) in [7, 11) is 1.75. The number of unbranched alkanes of at least 4 members (excludes halogenated alkanes) is 1. The van der Waals surface area contributed by atoms with Crippen LogP contribution < -0.4 is 16.0 Å². The van der Waals surface area contributed by atoms with E-state index in [0.29, 0.717) is 18.1 Å². The summed E-state index contributed by atoms with van der Waals surface area (Å²) < 4.78 is 1.67. The number of aryl methyl sites for hydroxylation is 2. The molecule has 2 aromatic heterocycles. The van der Waals surface area contributed by atoms with Crippen molar-refractivity contribution in [2.45, 2.75) is 46.6 Å². The molecule has 2 heterocycles. The normalized spacial score (nSPS) is 11.9. The molecule has 2 rings (SSSR count). The molecular formula is C17H26N6O2S. The van der Waals surface area contributed by atoms with Crippen molar-refractivity contribution in [3.63, 3.8) is 0 Å². The molecule has 3 amide bonds. The predicted octanol–water partition coefficient (Wildman–Crippen LogP) is 2.91. The lowest BCUT2D eigenvalue weighted by molar-refractivity contribution is 0.0945. The number of carbonyl (C=O) groups is 2. The predicted molar refractivity (Wildman–Crippen MR) is 103 cm³/mol. The van der Waals surface area contributed by atoms with Crippen molar-refractivity contribution >= 4 is 29.1 Å². The molecule has 0 unspecified atom stereocenters. The van der Waals surface area contributed by atoms with Gasteiger partial charge in [-0.25, -0.2) is 14.8 Å². The van der Waals surface area contributed by atoms with Gasteiger partial charge in [-0.2, -0.15) is 0 Å². The smallest absolute Gasteiger partial charge is 0.321 e. The maximum atomic E-state index is 12.5. The Labute approximate surface area is 157 Å². The summed E-state index contributed by atoms with van der Waals surface area (Å²) in [6, 6.07) is -0.661. The van der Waals surface area contributed by atoms with E-state index in [4.69, 9.17) is 0 Å². The highest BCUT2D eigenvalue weighted by Gasteiger charge is 2.22. The minimum Gasteiger partial charge on any atom is -0.351 e. The number of hydrogen-bond donors (Lipinski definition) is 3. The Hall–Kier alpha value is -2.42. The number of rotatable bonds is 7.